The normalized spacial score (nSPS) is 21.6. The Morgan fingerprint density at radius 2 is 2.21 bits per heavy atom. The Morgan fingerprint density at radius 3 is 2.86 bits per heavy atom. The standard InChI is InChI=1S/C9H12BrN3O/c10-7-4-11-9(12-5-7)13-3-1-2-8(13)6-14/h4-5,8,14H,1-3,6H2/t8-/m0/s1. The molecule has 1 aliphatic heterocycles. The van der Waals surface area contributed by atoms with Crippen LogP contribution in [0.15, 0.2) is 16.9 Å². The van der Waals surface area contributed by atoms with Crippen molar-refractivity contribution in [3.8, 4) is 0 Å². The molecule has 0 aliphatic carbocycles. The van der Waals surface area contributed by atoms with Crippen molar-refractivity contribution < 1.29 is 5.11 Å². The van der Waals surface area contributed by atoms with E-state index in [1.54, 1.807) is 12.4 Å². The van der Waals surface area contributed by atoms with Gasteiger partial charge < -0.3 is 10.0 Å². The average molecular weight is 258 g/mol. The molecule has 0 amide bonds. The van der Waals surface area contributed by atoms with Crippen LogP contribution in [0.1, 0.15) is 12.8 Å². The Labute approximate surface area is 91.1 Å². The van der Waals surface area contributed by atoms with E-state index in [4.69, 9.17) is 5.11 Å². The van der Waals surface area contributed by atoms with Gasteiger partial charge in [0.25, 0.3) is 0 Å². The maximum absolute atomic E-state index is 9.15. The fourth-order valence-corrected chi connectivity index (χ4v) is 1.95. The number of halogens is 1. The highest BCUT2D eigenvalue weighted by molar-refractivity contribution is 9.10. The molecule has 76 valence electrons. The molecule has 1 aromatic heterocycles. The van der Waals surface area contributed by atoms with Crippen molar-refractivity contribution >= 4 is 21.9 Å². The lowest BCUT2D eigenvalue weighted by molar-refractivity contribution is 0.265. The van der Waals surface area contributed by atoms with E-state index in [2.05, 4.69) is 30.8 Å². The van der Waals surface area contributed by atoms with Crippen LogP contribution in [0.5, 0.6) is 0 Å². The van der Waals surface area contributed by atoms with Crippen molar-refractivity contribution in [1.29, 1.82) is 0 Å². The van der Waals surface area contributed by atoms with E-state index in [9.17, 15) is 0 Å². The van der Waals surface area contributed by atoms with Gasteiger partial charge in [-0.15, -0.1) is 0 Å². The van der Waals surface area contributed by atoms with Gasteiger partial charge in [0, 0.05) is 18.9 Å². The molecule has 5 heteroatoms. The average Bonchev–Trinajstić information content (AvgIpc) is 2.67. The van der Waals surface area contributed by atoms with Gasteiger partial charge in [-0.3, -0.25) is 0 Å². The van der Waals surface area contributed by atoms with Gasteiger partial charge in [0.2, 0.25) is 5.95 Å². The van der Waals surface area contributed by atoms with Crippen molar-refractivity contribution in [1.82, 2.24) is 9.97 Å². The zero-order valence-electron chi connectivity index (χ0n) is 7.73. The lowest BCUT2D eigenvalue weighted by atomic mass is 10.2. The van der Waals surface area contributed by atoms with E-state index >= 15 is 0 Å². The largest absolute Gasteiger partial charge is 0.394 e. The van der Waals surface area contributed by atoms with Gasteiger partial charge in [-0.2, -0.15) is 0 Å². The Hall–Kier alpha value is -0.680. The highest BCUT2D eigenvalue weighted by atomic mass is 79.9. The van der Waals surface area contributed by atoms with E-state index in [0.717, 1.165) is 23.9 Å². The number of aromatic nitrogens is 2. The number of anilines is 1. The molecule has 2 rings (SSSR count). The molecule has 1 aromatic rings. The van der Waals surface area contributed by atoms with Crippen LogP contribution in [-0.4, -0.2) is 34.3 Å². The Morgan fingerprint density at radius 1 is 1.50 bits per heavy atom. The van der Waals surface area contributed by atoms with E-state index < -0.39 is 0 Å². The van der Waals surface area contributed by atoms with Crippen molar-refractivity contribution in [3.63, 3.8) is 0 Å². The second kappa shape index (κ2) is 4.23. The molecule has 1 aliphatic rings. The van der Waals surface area contributed by atoms with E-state index in [-0.39, 0.29) is 12.6 Å². The molecule has 0 spiro atoms. The molecular weight excluding hydrogens is 246 g/mol. The molecular formula is C9H12BrN3O. The smallest absolute Gasteiger partial charge is 0.225 e. The maximum Gasteiger partial charge on any atom is 0.225 e. The third-order valence-corrected chi connectivity index (χ3v) is 2.86. The number of hydrogen-bond acceptors (Lipinski definition) is 4. The molecule has 4 nitrogen and oxygen atoms in total. The number of rotatable bonds is 2. The molecule has 0 unspecified atom stereocenters. The summed E-state index contributed by atoms with van der Waals surface area (Å²) in [6, 6.07) is 0.191. The summed E-state index contributed by atoms with van der Waals surface area (Å²) in [7, 11) is 0. The minimum Gasteiger partial charge on any atom is -0.394 e. The van der Waals surface area contributed by atoms with Crippen LogP contribution in [0.25, 0.3) is 0 Å². The van der Waals surface area contributed by atoms with Crippen LogP contribution >= 0.6 is 15.9 Å². The highest BCUT2D eigenvalue weighted by Crippen LogP contribution is 2.22. The third kappa shape index (κ3) is 1.88. The molecule has 1 saturated heterocycles. The van der Waals surface area contributed by atoms with Crippen molar-refractivity contribution in [2.75, 3.05) is 18.1 Å². The minimum absolute atomic E-state index is 0.180. The second-order valence-corrected chi connectivity index (χ2v) is 4.29. The van der Waals surface area contributed by atoms with Crippen LogP contribution in [0, 0.1) is 0 Å². The summed E-state index contributed by atoms with van der Waals surface area (Å²) in [6.45, 7) is 1.12. The highest BCUT2D eigenvalue weighted by Gasteiger charge is 2.25. The first kappa shape index (κ1) is 9.86. The van der Waals surface area contributed by atoms with Crippen molar-refractivity contribution in [2.24, 2.45) is 0 Å². The van der Waals surface area contributed by atoms with Crippen LogP contribution in [0.2, 0.25) is 0 Å². The summed E-state index contributed by atoms with van der Waals surface area (Å²) < 4.78 is 0.876. The summed E-state index contributed by atoms with van der Waals surface area (Å²) in [6.07, 6.45) is 5.59. The topological polar surface area (TPSA) is 49.2 Å². The zero-order valence-corrected chi connectivity index (χ0v) is 9.31. The van der Waals surface area contributed by atoms with Gasteiger partial charge in [-0.25, -0.2) is 9.97 Å². The Kier molecular flexibility index (Phi) is 2.98. The van der Waals surface area contributed by atoms with Crippen LogP contribution < -0.4 is 4.90 Å². The van der Waals surface area contributed by atoms with Crippen LogP contribution in [0.4, 0.5) is 5.95 Å². The SMILES string of the molecule is OC[C@@H]1CCCN1c1ncc(Br)cn1. The fourth-order valence-electron chi connectivity index (χ4n) is 1.74. The molecule has 1 N–H and O–H groups in total. The number of nitrogens with zero attached hydrogens (tertiary/aromatic N) is 3. The molecule has 0 saturated carbocycles. The summed E-state index contributed by atoms with van der Waals surface area (Å²) in [5.41, 5.74) is 0. The molecule has 0 aromatic carbocycles. The van der Waals surface area contributed by atoms with Gasteiger partial charge in [0.15, 0.2) is 0 Å². The molecule has 1 fully saturated rings. The lowest BCUT2D eigenvalue weighted by Crippen LogP contribution is -2.33. The maximum atomic E-state index is 9.15. The second-order valence-electron chi connectivity index (χ2n) is 3.37. The minimum atomic E-state index is 0.180. The monoisotopic (exact) mass is 257 g/mol. The summed E-state index contributed by atoms with van der Waals surface area (Å²) >= 11 is 3.29. The predicted octanol–water partition coefficient (Wildman–Crippen LogP) is 1.20. The van der Waals surface area contributed by atoms with Crippen molar-refractivity contribution in [3.05, 3.63) is 16.9 Å². The van der Waals surface area contributed by atoms with Gasteiger partial charge >= 0.3 is 0 Å². The van der Waals surface area contributed by atoms with Gasteiger partial charge in [-0.1, -0.05) is 0 Å². The lowest BCUT2D eigenvalue weighted by Gasteiger charge is -2.22. The Balaban J connectivity index is 2.17. The third-order valence-electron chi connectivity index (χ3n) is 2.45. The van der Waals surface area contributed by atoms with Gasteiger partial charge in [0.1, 0.15) is 0 Å². The molecule has 2 heterocycles. The van der Waals surface area contributed by atoms with Crippen LogP contribution in [0.3, 0.4) is 0 Å². The molecule has 14 heavy (non-hydrogen) atoms. The molecule has 0 radical (unpaired) electrons. The number of aliphatic hydroxyl groups is 1. The predicted molar refractivity (Wildman–Crippen MR) is 57.2 cm³/mol. The Bertz CT molecular complexity index is 303. The van der Waals surface area contributed by atoms with Crippen LogP contribution in [-0.2, 0) is 0 Å². The first-order valence-corrected chi connectivity index (χ1v) is 5.45. The summed E-state index contributed by atoms with van der Waals surface area (Å²) in [5, 5.41) is 9.15. The fraction of sp³-hybridized carbons (Fsp3) is 0.556. The number of hydrogen-bond donors (Lipinski definition) is 1. The summed E-state index contributed by atoms with van der Waals surface area (Å²) in [5.74, 6) is 0.713. The van der Waals surface area contributed by atoms with E-state index in [1.807, 2.05) is 0 Å². The van der Waals surface area contributed by atoms with Gasteiger partial charge in [-0.05, 0) is 28.8 Å². The summed E-state index contributed by atoms with van der Waals surface area (Å²) in [4.78, 5) is 10.5. The van der Waals surface area contributed by atoms with E-state index in [0.29, 0.717) is 5.95 Å². The zero-order chi connectivity index (χ0) is 9.97. The number of aliphatic hydroxyl groups excluding tert-OH is 1. The van der Waals surface area contributed by atoms with E-state index in [1.165, 1.54) is 0 Å². The van der Waals surface area contributed by atoms with Crippen molar-refractivity contribution in [2.45, 2.75) is 18.9 Å². The first-order valence-electron chi connectivity index (χ1n) is 4.66. The van der Waals surface area contributed by atoms with Gasteiger partial charge in [0.05, 0.1) is 17.1 Å². The molecule has 0 bridgehead atoms. The quantitative estimate of drug-likeness (QED) is 0.866. The molecule has 1 atom stereocenters. The first-order chi connectivity index (χ1) is 6.81.